The number of unbranched alkanes of at least 4 members (excludes halogenated alkanes) is 14. The van der Waals surface area contributed by atoms with E-state index in [0.29, 0.717) is 0 Å². The van der Waals surface area contributed by atoms with E-state index in [1.807, 2.05) is 24.5 Å². The van der Waals surface area contributed by atoms with Crippen LogP contribution in [0.1, 0.15) is 133 Å². The predicted octanol–water partition coefficient (Wildman–Crippen LogP) is 9.61. The van der Waals surface area contributed by atoms with Gasteiger partial charge in [0, 0.05) is 24.0 Å². The molecule has 1 aromatic heterocycles. The summed E-state index contributed by atoms with van der Waals surface area (Å²) in [6.07, 6.45) is 29.7. The number of carboxylic acids is 1. The Morgan fingerprint density at radius 1 is 0.730 bits per heavy atom. The summed E-state index contributed by atoms with van der Waals surface area (Å²) in [6, 6.07) is 6.15. The third-order valence-corrected chi connectivity index (χ3v) is 7.13. The average Bonchev–Trinajstić information content (AvgIpc) is 2.91. The molecule has 0 amide bonds. The zero-order chi connectivity index (χ0) is 26.6. The molecule has 37 heavy (non-hydrogen) atoms. The Balaban J connectivity index is 1.85. The first kappa shape index (κ1) is 30.7. The molecule has 1 N–H and O–H groups in total. The lowest BCUT2D eigenvalue weighted by Crippen LogP contribution is -1.97. The van der Waals surface area contributed by atoms with Crippen LogP contribution in [0.25, 0.3) is 17.5 Å². The van der Waals surface area contributed by atoms with Crippen molar-refractivity contribution in [2.75, 3.05) is 0 Å². The molecule has 0 spiro atoms. The molecule has 0 bridgehead atoms. The molecule has 4 nitrogen and oxygen atoms in total. The third-order valence-electron chi connectivity index (χ3n) is 7.13. The number of aliphatic carboxylic acids is 1. The Hall–Kier alpha value is -2.49. The largest absolute Gasteiger partial charge is 0.478 e. The summed E-state index contributed by atoms with van der Waals surface area (Å²) in [5.74, 6) is -0.180. The van der Waals surface area contributed by atoms with Gasteiger partial charge in [0.1, 0.15) is 0 Å². The number of hydrogen-bond donors (Lipinski definition) is 1. The highest BCUT2D eigenvalue weighted by atomic mass is 16.4. The lowest BCUT2D eigenvalue weighted by molar-refractivity contribution is -0.131. The molecule has 0 saturated carbocycles. The summed E-state index contributed by atoms with van der Waals surface area (Å²) in [5.41, 5.74) is 4.34. The fourth-order valence-corrected chi connectivity index (χ4v) is 4.83. The minimum absolute atomic E-state index is 0.741. The number of aryl methyl sites for hydroxylation is 2. The minimum atomic E-state index is -0.920. The molecule has 0 atom stereocenters. The first-order valence-corrected chi connectivity index (χ1v) is 15.0. The molecule has 0 unspecified atom stereocenters. The molecule has 0 aliphatic carbocycles. The first-order valence-electron chi connectivity index (χ1n) is 15.0. The van der Waals surface area contributed by atoms with Crippen molar-refractivity contribution in [3.05, 3.63) is 53.4 Å². The molecular formula is C33H50N2O2. The summed E-state index contributed by atoms with van der Waals surface area (Å²) >= 11 is 0. The first-order chi connectivity index (χ1) is 18.1. The van der Waals surface area contributed by atoms with Crippen LogP contribution in [0.3, 0.4) is 0 Å². The molecule has 2 rings (SSSR count). The van der Waals surface area contributed by atoms with Crippen LogP contribution >= 0.6 is 0 Å². The SMILES string of the molecule is CCCCCCCCCCCCc1cnc(-c2ccc(C=CC(=O)O)c(CCCCCCCC)c2)nc1. The van der Waals surface area contributed by atoms with Crippen LogP contribution < -0.4 is 0 Å². The molecule has 204 valence electrons. The van der Waals surface area contributed by atoms with Crippen LogP contribution in [0.4, 0.5) is 0 Å². The van der Waals surface area contributed by atoms with Gasteiger partial charge in [-0.15, -0.1) is 0 Å². The van der Waals surface area contributed by atoms with E-state index in [9.17, 15) is 4.79 Å². The van der Waals surface area contributed by atoms with E-state index in [1.54, 1.807) is 6.08 Å². The molecule has 2 aromatic rings. The quantitative estimate of drug-likeness (QED) is 0.135. The maximum atomic E-state index is 11.0. The van der Waals surface area contributed by atoms with Gasteiger partial charge >= 0.3 is 5.97 Å². The van der Waals surface area contributed by atoms with Gasteiger partial charge in [0.15, 0.2) is 5.82 Å². The zero-order valence-corrected chi connectivity index (χ0v) is 23.5. The van der Waals surface area contributed by atoms with Crippen molar-refractivity contribution in [3.8, 4) is 11.4 Å². The molecule has 4 heteroatoms. The van der Waals surface area contributed by atoms with Crippen molar-refractivity contribution in [3.63, 3.8) is 0 Å². The number of aromatic nitrogens is 2. The van der Waals surface area contributed by atoms with E-state index in [1.165, 1.54) is 114 Å². The van der Waals surface area contributed by atoms with Crippen LogP contribution in [0.2, 0.25) is 0 Å². The average molecular weight is 507 g/mol. The lowest BCUT2D eigenvalue weighted by atomic mass is 9.97. The maximum Gasteiger partial charge on any atom is 0.328 e. The highest BCUT2D eigenvalue weighted by Crippen LogP contribution is 2.23. The van der Waals surface area contributed by atoms with E-state index in [2.05, 4.69) is 29.9 Å². The van der Waals surface area contributed by atoms with E-state index < -0.39 is 5.97 Å². The number of hydrogen-bond acceptors (Lipinski definition) is 3. The summed E-state index contributed by atoms with van der Waals surface area (Å²) < 4.78 is 0. The zero-order valence-electron chi connectivity index (χ0n) is 23.5. The third kappa shape index (κ3) is 13.6. The maximum absolute atomic E-state index is 11.0. The summed E-state index contributed by atoms with van der Waals surface area (Å²) in [4.78, 5) is 20.4. The van der Waals surface area contributed by atoms with Crippen molar-refractivity contribution >= 4 is 12.0 Å². The van der Waals surface area contributed by atoms with Gasteiger partial charge in [-0.2, -0.15) is 0 Å². The van der Waals surface area contributed by atoms with Crippen LogP contribution in [0.15, 0.2) is 36.7 Å². The molecule has 0 radical (unpaired) electrons. The summed E-state index contributed by atoms with van der Waals surface area (Å²) in [7, 11) is 0. The standard InChI is InChI=1S/C33H50N2O2/c1-3-5-7-9-11-12-13-14-15-17-19-28-26-34-33(35-27-28)31-22-21-29(23-24-32(36)37)30(25-31)20-18-16-10-8-6-4-2/h21-27H,3-20H2,1-2H3,(H,36,37). The Morgan fingerprint density at radius 3 is 1.78 bits per heavy atom. The van der Waals surface area contributed by atoms with Crippen molar-refractivity contribution in [2.24, 2.45) is 0 Å². The van der Waals surface area contributed by atoms with Gasteiger partial charge < -0.3 is 5.11 Å². The molecule has 0 aliphatic heterocycles. The van der Waals surface area contributed by atoms with Gasteiger partial charge in [-0.1, -0.05) is 116 Å². The number of benzene rings is 1. The van der Waals surface area contributed by atoms with Crippen LogP contribution in [0, 0.1) is 0 Å². The van der Waals surface area contributed by atoms with Gasteiger partial charge in [0.2, 0.25) is 0 Å². The van der Waals surface area contributed by atoms with E-state index in [0.717, 1.165) is 36.2 Å². The predicted molar refractivity (Wildman–Crippen MR) is 157 cm³/mol. The lowest BCUT2D eigenvalue weighted by Gasteiger charge is -2.10. The Morgan fingerprint density at radius 2 is 1.24 bits per heavy atom. The fourth-order valence-electron chi connectivity index (χ4n) is 4.83. The number of nitrogens with zero attached hydrogens (tertiary/aromatic N) is 2. The number of rotatable bonds is 21. The molecule has 0 aliphatic rings. The molecule has 0 fully saturated rings. The molecule has 1 aromatic carbocycles. The molecular weight excluding hydrogens is 456 g/mol. The number of carboxylic acid groups (broad SMARTS) is 1. The Kier molecular flexibility index (Phi) is 16.3. The second-order valence-electron chi connectivity index (χ2n) is 10.4. The Bertz CT molecular complexity index is 905. The van der Waals surface area contributed by atoms with E-state index in [4.69, 9.17) is 5.11 Å². The summed E-state index contributed by atoms with van der Waals surface area (Å²) in [5, 5.41) is 9.07. The normalized spacial score (nSPS) is 11.4. The highest BCUT2D eigenvalue weighted by Gasteiger charge is 2.08. The highest BCUT2D eigenvalue weighted by molar-refractivity contribution is 5.85. The van der Waals surface area contributed by atoms with Crippen LogP contribution in [-0.2, 0) is 17.6 Å². The molecule has 1 heterocycles. The van der Waals surface area contributed by atoms with Crippen molar-refractivity contribution in [1.82, 2.24) is 9.97 Å². The van der Waals surface area contributed by atoms with E-state index >= 15 is 0 Å². The van der Waals surface area contributed by atoms with Crippen LogP contribution in [-0.4, -0.2) is 21.0 Å². The van der Waals surface area contributed by atoms with E-state index in [-0.39, 0.29) is 0 Å². The van der Waals surface area contributed by atoms with Gasteiger partial charge in [-0.3, -0.25) is 0 Å². The van der Waals surface area contributed by atoms with Gasteiger partial charge in [-0.25, -0.2) is 14.8 Å². The fraction of sp³-hybridized carbons (Fsp3) is 0.606. The smallest absolute Gasteiger partial charge is 0.328 e. The summed E-state index contributed by atoms with van der Waals surface area (Å²) in [6.45, 7) is 4.51. The minimum Gasteiger partial charge on any atom is -0.478 e. The second-order valence-corrected chi connectivity index (χ2v) is 10.4. The van der Waals surface area contributed by atoms with Crippen molar-refractivity contribution < 1.29 is 9.90 Å². The van der Waals surface area contributed by atoms with Crippen molar-refractivity contribution in [2.45, 2.75) is 129 Å². The van der Waals surface area contributed by atoms with Crippen molar-refractivity contribution in [1.29, 1.82) is 0 Å². The second kappa shape index (κ2) is 19.6. The van der Waals surface area contributed by atoms with Crippen LogP contribution in [0.5, 0.6) is 0 Å². The van der Waals surface area contributed by atoms with Gasteiger partial charge in [-0.05, 0) is 54.5 Å². The molecule has 0 saturated heterocycles. The number of carbonyl (C=O) groups is 1. The van der Waals surface area contributed by atoms with Gasteiger partial charge in [0.05, 0.1) is 0 Å². The monoisotopic (exact) mass is 506 g/mol. The Labute approximate surface area is 226 Å². The topological polar surface area (TPSA) is 63.1 Å². The van der Waals surface area contributed by atoms with Gasteiger partial charge in [0.25, 0.3) is 0 Å².